The number of nitrogens with zero attached hydrogens (tertiary/aromatic N) is 1. The van der Waals surface area contributed by atoms with Crippen molar-refractivity contribution in [2.24, 2.45) is 11.8 Å². The Morgan fingerprint density at radius 2 is 2.09 bits per heavy atom. The molecule has 0 saturated carbocycles. The second kappa shape index (κ2) is 7.79. The third-order valence-corrected chi connectivity index (χ3v) is 3.98. The van der Waals surface area contributed by atoms with Crippen molar-refractivity contribution < 1.29 is 14.3 Å². The first-order chi connectivity index (χ1) is 10.6. The molecule has 6 heteroatoms. The molecule has 2 rings (SSSR count). The number of hydrazine groups is 1. The molecule has 1 fully saturated rings. The van der Waals surface area contributed by atoms with Gasteiger partial charge in [0.1, 0.15) is 5.75 Å². The van der Waals surface area contributed by atoms with Gasteiger partial charge < -0.3 is 9.64 Å². The molecule has 3 N–H and O–H groups in total. The van der Waals surface area contributed by atoms with Gasteiger partial charge in [-0.1, -0.05) is 19.1 Å². The van der Waals surface area contributed by atoms with Crippen LogP contribution in [0.15, 0.2) is 24.3 Å². The summed E-state index contributed by atoms with van der Waals surface area (Å²) in [6.45, 7) is 3.14. The van der Waals surface area contributed by atoms with Crippen LogP contribution in [-0.4, -0.2) is 36.4 Å². The van der Waals surface area contributed by atoms with Crippen molar-refractivity contribution in [3.05, 3.63) is 29.8 Å². The molecule has 2 amide bonds. The van der Waals surface area contributed by atoms with E-state index in [1.807, 2.05) is 24.3 Å². The topological polar surface area (TPSA) is 84.7 Å². The number of hydrogen-bond acceptors (Lipinski definition) is 4. The number of nitrogens with one attached hydrogen (secondary N) is 1. The number of carbonyl (C=O) groups is 2. The standard InChI is InChI=1S/C16H23N3O3/c1-2-12-5-7-14(8-6-12)22-11-15(20)19-9-3-4-13(10-19)16(21)18-17/h5-8,13H,2-4,9-11,17H2,1H3,(H,18,21). The van der Waals surface area contributed by atoms with E-state index in [0.29, 0.717) is 18.8 Å². The minimum absolute atomic E-state index is 0.0115. The molecule has 1 atom stereocenters. The lowest BCUT2D eigenvalue weighted by molar-refractivity contribution is -0.137. The van der Waals surface area contributed by atoms with E-state index >= 15 is 0 Å². The molecular formula is C16H23N3O3. The van der Waals surface area contributed by atoms with Gasteiger partial charge in [0.2, 0.25) is 5.91 Å². The smallest absolute Gasteiger partial charge is 0.260 e. The summed E-state index contributed by atoms with van der Waals surface area (Å²) in [6.07, 6.45) is 2.53. The summed E-state index contributed by atoms with van der Waals surface area (Å²) in [5.41, 5.74) is 3.38. The Labute approximate surface area is 130 Å². The van der Waals surface area contributed by atoms with Crippen molar-refractivity contribution in [1.82, 2.24) is 10.3 Å². The van der Waals surface area contributed by atoms with E-state index in [4.69, 9.17) is 10.6 Å². The second-order valence-corrected chi connectivity index (χ2v) is 5.47. The maximum Gasteiger partial charge on any atom is 0.260 e. The number of rotatable bonds is 5. The van der Waals surface area contributed by atoms with Gasteiger partial charge in [-0.25, -0.2) is 5.84 Å². The van der Waals surface area contributed by atoms with Crippen LogP contribution < -0.4 is 16.0 Å². The lowest BCUT2D eigenvalue weighted by atomic mass is 9.97. The molecule has 1 saturated heterocycles. The Morgan fingerprint density at radius 3 is 2.73 bits per heavy atom. The first-order valence-corrected chi connectivity index (χ1v) is 7.64. The van der Waals surface area contributed by atoms with Gasteiger partial charge in [-0.05, 0) is 37.0 Å². The molecule has 6 nitrogen and oxygen atoms in total. The number of piperidine rings is 1. The highest BCUT2D eigenvalue weighted by Crippen LogP contribution is 2.17. The van der Waals surface area contributed by atoms with E-state index < -0.39 is 0 Å². The van der Waals surface area contributed by atoms with Gasteiger partial charge in [0.05, 0.1) is 5.92 Å². The Balaban J connectivity index is 1.84. The summed E-state index contributed by atoms with van der Waals surface area (Å²) in [4.78, 5) is 25.4. The molecule has 1 heterocycles. The van der Waals surface area contributed by atoms with Crippen LogP contribution in [0.2, 0.25) is 0 Å². The minimum atomic E-state index is -0.230. The average molecular weight is 305 g/mol. The van der Waals surface area contributed by atoms with Crippen molar-refractivity contribution >= 4 is 11.8 Å². The SMILES string of the molecule is CCc1ccc(OCC(=O)N2CCCC(C(=O)NN)C2)cc1. The van der Waals surface area contributed by atoms with Crippen LogP contribution in [-0.2, 0) is 16.0 Å². The molecule has 1 aromatic carbocycles. The van der Waals surface area contributed by atoms with Crippen molar-refractivity contribution in [3.8, 4) is 5.75 Å². The highest BCUT2D eigenvalue weighted by Gasteiger charge is 2.28. The molecular weight excluding hydrogens is 282 g/mol. The highest BCUT2D eigenvalue weighted by molar-refractivity contribution is 5.81. The van der Waals surface area contributed by atoms with Gasteiger partial charge in [0.15, 0.2) is 6.61 Å². The van der Waals surface area contributed by atoms with Gasteiger partial charge in [0.25, 0.3) is 5.91 Å². The fourth-order valence-electron chi connectivity index (χ4n) is 2.59. The second-order valence-electron chi connectivity index (χ2n) is 5.47. The molecule has 0 aromatic heterocycles. The fraction of sp³-hybridized carbons (Fsp3) is 0.500. The number of hydrogen-bond donors (Lipinski definition) is 2. The molecule has 1 aromatic rings. The number of benzene rings is 1. The summed E-state index contributed by atoms with van der Waals surface area (Å²) in [7, 11) is 0. The van der Waals surface area contributed by atoms with Crippen molar-refractivity contribution in [1.29, 1.82) is 0 Å². The number of likely N-dealkylation sites (tertiary alicyclic amines) is 1. The maximum atomic E-state index is 12.2. The van der Waals surface area contributed by atoms with Gasteiger partial charge in [-0.3, -0.25) is 15.0 Å². The molecule has 1 unspecified atom stereocenters. The van der Waals surface area contributed by atoms with Gasteiger partial charge in [0, 0.05) is 13.1 Å². The Hall–Kier alpha value is -2.08. The zero-order chi connectivity index (χ0) is 15.9. The summed E-state index contributed by atoms with van der Waals surface area (Å²) in [5.74, 6) is 5.29. The minimum Gasteiger partial charge on any atom is -0.484 e. The monoisotopic (exact) mass is 305 g/mol. The van der Waals surface area contributed by atoms with Crippen LogP contribution in [0.4, 0.5) is 0 Å². The Kier molecular flexibility index (Phi) is 5.77. The molecule has 0 radical (unpaired) electrons. The molecule has 0 bridgehead atoms. The van der Waals surface area contributed by atoms with Crippen LogP contribution in [0.5, 0.6) is 5.75 Å². The van der Waals surface area contributed by atoms with E-state index in [1.54, 1.807) is 4.90 Å². The average Bonchev–Trinajstić information content (AvgIpc) is 2.59. The molecule has 1 aliphatic rings. The highest BCUT2D eigenvalue weighted by atomic mass is 16.5. The van der Waals surface area contributed by atoms with E-state index in [0.717, 1.165) is 19.3 Å². The summed E-state index contributed by atoms with van der Waals surface area (Å²) < 4.78 is 5.53. The summed E-state index contributed by atoms with van der Waals surface area (Å²) >= 11 is 0. The third kappa shape index (κ3) is 4.21. The van der Waals surface area contributed by atoms with Crippen LogP contribution >= 0.6 is 0 Å². The Bertz CT molecular complexity index is 516. The Morgan fingerprint density at radius 1 is 1.36 bits per heavy atom. The van der Waals surface area contributed by atoms with Crippen LogP contribution in [0.1, 0.15) is 25.3 Å². The van der Waals surface area contributed by atoms with Crippen LogP contribution in [0.25, 0.3) is 0 Å². The zero-order valence-electron chi connectivity index (χ0n) is 12.9. The lowest BCUT2D eigenvalue weighted by Crippen LogP contribution is -2.48. The first-order valence-electron chi connectivity index (χ1n) is 7.64. The number of amides is 2. The number of ether oxygens (including phenoxy) is 1. The summed E-state index contributed by atoms with van der Waals surface area (Å²) in [6, 6.07) is 7.71. The van der Waals surface area contributed by atoms with Gasteiger partial charge >= 0.3 is 0 Å². The molecule has 120 valence electrons. The van der Waals surface area contributed by atoms with Gasteiger partial charge in [-0.2, -0.15) is 0 Å². The van der Waals surface area contributed by atoms with E-state index in [2.05, 4.69) is 12.3 Å². The number of nitrogens with two attached hydrogens (primary N) is 1. The number of aryl methyl sites for hydroxylation is 1. The maximum absolute atomic E-state index is 12.2. The van der Waals surface area contributed by atoms with Crippen molar-refractivity contribution in [2.75, 3.05) is 19.7 Å². The van der Waals surface area contributed by atoms with Crippen LogP contribution in [0.3, 0.4) is 0 Å². The van der Waals surface area contributed by atoms with Gasteiger partial charge in [-0.15, -0.1) is 0 Å². The first kappa shape index (κ1) is 16.3. The predicted molar refractivity (Wildman–Crippen MR) is 82.9 cm³/mol. The fourth-order valence-corrected chi connectivity index (χ4v) is 2.59. The molecule has 0 aliphatic carbocycles. The normalized spacial score (nSPS) is 17.9. The lowest BCUT2D eigenvalue weighted by Gasteiger charge is -2.31. The van der Waals surface area contributed by atoms with E-state index in [-0.39, 0.29) is 24.3 Å². The van der Waals surface area contributed by atoms with E-state index in [9.17, 15) is 9.59 Å². The zero-order valence-corrected chi connectivity index (χ0v) is 12.9. The predicted octanol–water partition coefficient (Wildman–Crippen LogP) is 0.856. The third-order valence-electron chi connectivity index (χ3n) is 3.98. The molecule has 1 aliphatic heterocycles. The van der Waals surface area contributed by atoms with E-state index in [1.165, 1.54) is 5.56 Å². The number of carbonyl (C=O) groups excluding carboxylic acids is 2. The van der Waals surface area contributed by atoms with Crippen LogP contribution in [0, 0.1) is 5.92 Å². The molecule has 22 heavy (non-hydrogen) atoms. The van der Waals surface area contributed by atoms with Crippen molar-refractivity contribution in [3.63, 3.8) is 0 Å². The molecule has 0 spiro atoms. The van der Waals surface area contributed by atoms with Crippen molar-refractivity contribution in [2.45, 2.75) is 26.2 Å². The summed E-state index contributed by atoms with van der Waals surface area (Å²) in [5, 5.41) is 0. The quantitative estimate of drug-likeness (QED) is 0.480. The largest absolute Gasteiger partial charge is 0.484 e.